The Morgan fingerprint density at radius 3 is 2.94 bits per heavy atom. The highest BCUT2D eigenvalue weighted by Gasteiger charge is 2.24. The number of halogens is 1. The Morgan fingerprint density at radius 2 is 2.33 bits per heavy atom. The quantitative estimate of drug-likeness (QED) is 0.891. The molecule has 0 amide bonds. The summed E-state index contributed by atoms with van der Waals surface area (Å²) in [6.07, 6.45) is -0.478. The minimum atomic E-state index is -0.478. The predicted molar refractivity (Wildman–Crippen MR) is 73.8 cm³/mol. The SMILES string of the molecule is C[C@@H](O)c1ccc(N2CCOCC2CO)c(Br)c1. The molecule has 0 bridgehead atoms. The summed E-state index contributed by atoms with van der Waals surface area (Å²) in [5.74, 6) is 0. The van der Waals surface area contributed by atoms with Gasteiger partial charge < -0.3 is 19.8 Å². The summed E-state index contributed by atoms with van der Waals surface area (Å²) < 4.78 is 6.30. The van der Waals surface area contributed by atoms with Crippen LogP contribution in [0.15, 0.2) is 22.7 Å². The van der Waals surface area contributed by atoms with Gasteiger partial charge in [0.2, 0.25) is 0 Å². The molecule has 2 rings (SSSR count). The highest BCUT2D eigenvalue weighted by atomic mass is 79.9. The van der Waals surface area contributed by atoms with Crippen LogP contribution in [-0.4, -0.2) is 42.6 Å². The van der Waals surface area contributed by atoms with Crippen molar-refractivity contribution in [2.75, 3.05) is 31.3 Å². The Balaban J connectivity index is 2.26. The van der Waals surface area contributed by atoms with E-state index >= 15 is 0 Å². The first-order valence-electron chi connectivity index (χ1n) is 6.06. The number of benzene rings is 1. The van der Waals surface area contributed by atoms with Crippen LogP contribution in [0.2, 0.25) is 0 Å². The van der Waals surface area contributed by atoms with Gasteiger partial charge in [-0.3, -0.25) is 0 Å². The van der Waals surface area contributed by atoms with Gasteiger partial charge in [0.15, 0.2) is 0 Å². The van der Waals surface area contributed by atoms with E-state index in [0.29, 0.717) is 13.2 Å². The lowest BCUT2D eigenvalue weighted by Gasteiger charge is -2.37. The molecule has 1 fully saturated rings. The molecule has 1 saturated heterocycles. The monoisotopic (exact) mass is 315 g/mol. The van der Waals surface area contributed by atoms with Gasteiger partial charge in [-0.05, 0) is 40.5 Å². The molecule has 18 heavy (non-hydrogen) atoms. The number of anilines is 1. The Labute approximate surface area is 115 Å². The van der Waals surface area contributed by atoms with Crippen molar-refractivity contribution in [1.82, 2.24) is 0 Å². The molecule has 4 nitrogen and oxygen atoms in total. The zero-order valence-corrected chi connectivity index (χ0v) is 11.9. The van der Waals surface area contributed by atoms with Gasteiger partial charge in [-0.2, -0.15) is 0 Å². The van der Waals surface area contributed by atoms with Crippen molar-refractivity contribution in [2.24, 2.45) is 0 Å². The molecule has 0 radical (unpaired) electrons. The van der Waals surface area contributed by atoms with Crippen molar-refractivity contribution in [3.05, 3.63) is 28.2 Å². The molecule has 1 aliphatic rings. The molecular formula is C13H18BrNO3. The van der Waals surface area contributed by atoms with Crippen molar-refractivity contribution in [1.29, 1.82) is 0 Å². The molecular weight excluding hydrogens is 298 g/mol. The van der Waals surface area contributed by atoms with E-state index in [0.717, 1.165) is 22.3 Å². The summed E-state index contributed by atoms with van der Waals surface area (Å²) in [6, 6.07) is 5.80. The fourth-order valence-electron chi connectivity index (χ4n) is 2.14. The van der Waals surface area contributed by atoms with Crippen LogP contribution in [0.5, 0.6) is 0 Å². The summed E-state index contributed by atoms with van der Waals surface area (Å²) >= 11 is 3.53. The van der Waals surface area contributed by atoms with Crippen LogP contribution >= 0.6 is 15.9 Å². The van der Waals surface area contributed by atoms with Crippen molar-refractivity contribution in [2.45, 2.75) is 19.1 Å². The van der Waals surface area contributed by atoms with E-state index in [1.54, 1.807) is 6.92 Å². The van der Waals surface area contributed by atoms with Gasteiger partial charge in [-0.1, -0.05) is 6.07 Å². The average molecular weight is 316 g/mol. The lowest BCUT2D eigenvalue weighted by Crippen LogP contribution is -2.47. The number of aliphatic hydroxyl groups excluding tert-OH is 2. The Kier molecular flexibility index (Phi) is 4.61. The van der Waals surface area contributed by atoms with E-state index < -0.39 is 6.10 Å². The van der Waals surface area contributed by atoms with Crippen LogP contribution in [0.3, 0.4) is 0 Å². The molecule has 1 heterocycles. The third-order valence-electron chi connectivity index (χ3n) is 3.20. The Bertz CT molecular complexity index is 411. The molecule has 5 heteroatoms. The zero-order valence-electron chi connectivity index (χ0n) is 10.3. The highest BCUT2D eigenvalue weighted by molar-refractivity contribution is 9.10. The van der Waals surface area contributed by atoms with Crippen LogP contribution in [-0.2, 0) is 4.74 Å². The number of hydrogen-bond donors (Lipinski definition) is 2. The van der Waals surface area contributed by atoms with E-state index in [-0.39, 0.29) is 12.6 Å². The molecule has 1 aromatic rings. The maximum atomic E-state index is 9.55. The van der Waals surface area contributed by atoms with Gasteiger partial charge in [-0.15, -0.1) is 0 Å². The minimum absolute atomic E-state index is 0.00699. The molecule has 0 aromatic heterocycles. The topological polar surface area (TPSA) is 52.9 Å². The molecule has 0 spiro atoms. The third-order valence-corrected chi connectivity index (χ3v) is 3.84. The van der Waals surface area contributed by atoms with Gasteiger partial charge in [0.05, 0.1) is 37.7 Å². The first-order valence-corrected chi connectivity index (χ1v) is 6.85. The van der Waals surface area contributed by atoms with Crippen molar-refractivity contribution >= 4 is 21.6 Å². The second-order valence-corrected chi connectivity index (χ2v) is 5.35. The third kappa shape index (κ3) is 2.85. The highest BCUT2D eigenvalue weighted by Crippen LogP contribution is 2.31. The Morgan fingerprint density at radius 1 is 1.56 bits per heavy atom. The first-order chi connectivity index (χ1) is 8.63. The fourth-order valence-corrected chi connectivity index (χ4v) is 2.76. The summed E-state index contributed by atoms with van der Waals surface area (Å²) in [6.45, 7) is 3.79. The fraction of sp³-hybridized carbons (Fsp3) is 0.538. The summed E-state index contributed by atoms with van der Waals surface area (Å²) in [5.41, 5.74) is 1.90. The van der Waals surface area contributed by atoms with E-state index in [1.807, 2.05) is 18.2 Å². The van der Waals surface area contributed by atoms with Crippen LogP contribution < -0.4 is 4.90 Å². The largest absolute Gasteiger partial charge is 0.394 e. The van der Waals surface area contributed by atoms with Crippen LogP contribution in [0.25, 0.3) is 0 Å². The number of aliphatic hydroxyl groups is 2. The normalized spacial score (nSPS) is 22.0. The molecule has 2 atom stereocenters. The second-order valence-electron chi connectivity index (χ2n) is 4.49. The van der Waals surface area contributed by atoms with E-state index in [2.05, 4.69) is 20.8 Å². The smallest absolute Gasteiger partial charge is 0.0762 e. The Hall–Kier alpha value is -0.620. The lowest BCUT2D eigenvalue weighted by molar-refractivity contribution is 0.0726. The minimum Gasteiger partial charge on any atom is -0.394 e. The summed E-state index contributed by atoms with van der Waals surface area (Å²) in [5, 5.41) is 18.9. The molecule has 100 valence electrons. The molecule has 0 saturated carbocycles. The summed E-state index contributed by atoms with van der Waals surface area (Å²) in [7, 11) is 0. The van der Waals surface area contributed by atoms with E-state index in [1.165, 1.54) is 0 Å². The predicted octanol–water partition coefficient (Wildman–Crippen LogP) is 1.70. The molecule has 1 aromatic carbocycles. The zero-order chi connectivity index (χ0) is 13.1. The van der Waals surface area contributed by atoms with Crippen molar-refractivity contribution < 1.29 is 14.9 Å². The van der Waals surface area contributed by atoms with Crippen LogP contribution in [0, 0.1) is 0 Å². The molecule has 1 unspecified atom stereocenters. The van der Waals surface area contributed by atoms with Crippen LogP contribution in [0.1, 0.15) is 18.6 Å². The van der Waals surface area contributed by atoms with Gasteiger partial charge in [-0.25, -0.2) is 0 Å². The van der Waals surface area contributed by atoms with Crippen molar-refractivity contribution in [3.63, 3.8) is 0 Å². The van der Waals surface area contributed by atoms with Crippen LogP contribution in [0.4, 0.5) is 5.69 Å². The lowest BCUT2D eigenvalue weighted by atomic mass is 10.1. The number of nitrogens with zero attached hydrogens (tertiary/aromatic N) is 1. The first kappa shape index (κ1) is 13.8. The standard InChI is InChI=1S/C13H18BrNO3/c1-9(17)10-2-3-13(12(14)6-10)15-4-5-18-8-11(15)7-16/h2-3,6,9,11,16-17H,4-5,7-8H2,1H3/t9-,11?/m1/s1. The number of hydrogen-bond acceptors (Lipinski definition) is 4. The van der Waals surface area contributed by atoms with E-state index in [9.17, 15) is 10.2 Å². The number of morpholine rings is 1. The summed E-state index contributed by atoms with van der Waals surface area (Å²) in [4.78, 5) is 2.14. The number of ether oxygens (including phenoxy) is 1. The number of rotatable bonds is 3. The maximum Gasteiger partial charge on any atom is 0.0762 e. The average Bonchev–Trinajstić information content (AvgIpc) is 2.38. The second kappa shape index (κ2) is 6.02. The molecule has 2 N–H and O–H groups in total. The maximum absolute atomic E-state index is 9.55. The van der Waals surface area contributed by atoms with Gasteiger partial charge in [0.25, 0.3) is 0 Å². The van der Waals surface area contributed by atoms with Gasteiger partial charge in [0.1, 0.15) is 0 Å². The van der Waals surface area contributed by atoms with Crippen molar-refractivity contribution in [3.8, 4) is 0 Å². The van der Waals surface area contributed by atoms with Gasteiger partial charge in [0, 0.05) is 11.0 Å². The van der Waals surface area contributed by atoms with Gasteiger partial charge >= 0.3 is 0 Å². The molecule has 0 aliphatic carbocycles. The van der Waals surface area contributed by atoms with E-state index in [4.69, 9.17) is 4.74 Å². The molecule has 1 aliphatic heterocycles.